The quantitative estimate of drug-likeness (QED) is 0.574. The normalized spacial score (nSPS) is 11.5. The molecular formula is C21H23N3O4S2. The lowest BCUT2D eigenvalue weighted by Crippen LogP contribution is -2.27. The van der Waals surface area contributed by atoms with Crippen LogP contribution >= 0.6 is 11.3 Å². The van der Waals surface area contributed by atoms with Gasteiger partial charge in [-0.1, -0.05) is 18.2 Å². The van der Waals surface area contributed by atoms with E-state index in [4.69, 9.17) is 4.74 Å². The second-order valence-electron chi connectivity index (χ2n) is 6.57. The Morgan fingerprint density at radius 2 is 1.83 bits per heavy atom. The maximum atomic E-state index is 12.5. The van der Waals surface area contributed by atoms with Gasteiger partial charge in [0.1, 0.15) is 16.5 Å². The van der Waals surface area contributed by atoms with Crippen molar-refractivity contribution in [2.75, 3.05) is 20.7 Å². The van der Waals surface area contributed by atoms with Crippen molar-refractivity contribution in [1.29, 1.82) is 0 Å². The van der Waals surface area contributed by atoms with Crippen molar-refractivity contribution in [1.82, 2.24) is 14.6 Å². The zero-order chi connectivity index (χ0) is 21.7. The van der Waals surface area contributed by atoms with E-state index in [0.717, 1.165) is 20.6 Å². The Hall–Kier alpha value is -2.75. The SMILES string of the molecule is CCOc1ccc(-c2nc(C(=O)NCc3ccccc3S(=O)(=O)N(C)C)cs2)cc1. The lowest BCUT2D eigenvalue weighted by molar-refractivity contribution is 0.0946. The highest BCUT2D eigenvalue weighted by Crippen LogP contribution is 2.26. The molecule has 0 bridgehead atoms. The van der Waals surface area contributed by atoms with Gasteiger partial charge in [-0.3, -0.25) is 4.79 Å². The minimum atomic E-state index is -3.60. The molecule has 1 heterocycles. The number of sulfonamides is 1. The smallest absolute Gasteiger partial charge is 0.271 e. The molecule has 0 unspecified atom stereocenters. The minimum Gasteiger partial charge on any atom is -0.494 e. The van der Waals surface area contributed by atoms with Gasteiger partial charge in [-0.2, -0.15) is 0 Å². The number of benzene rings is 2. The van der Waals surface area contributed by atoms with Gasteiger partial charge < -0.3 is 10.1 Å². The van der Waals surface area contributed by atoms with Crippen LogP contribution in [-0.4, -0.2) is 44.3 Å². The van der Waals surface area contributed by atoms with Crippen LogP contribution < -0.4 is 10.1 Å². The predicted octanol–water partition coefficient (Wildman–Crippen LogP) is 3.39. The van der Waals surface area contributed by atoms with E-state index in [1.807, 2.05) is 31.2 Å². The summed E-state index contributed by atoms with van der Waals surface area (Å²) in [6.45, 7) is 2.60. The molecule has 3 rings (SSSR count). The maximum absolute atomic E-state index is 12.5. The number of nitrogens with one attached hydrogen (secondary N) is 1. The van der Waals surface area contributed by atoms with Gasteiger partial charge in [-0.25, -0.2) is 17.7 Å². The van der Waals surface area contributed by atoms with E-state index in [1.165, 1.54) is 31.5 Å². The number of carbonyl (C=O) groups is 1. The molecule has 0 fully saturated rings. The number of aromatic nitrogens is 1. The second kappa shape index (κ2) is 9.38. The van der Waals surface area contributed by atoms with E-state index in [9.17, 15) is 13.2 Å². The molecule has 0 atom stereocenters. The van der Waals surface area contributed by atoms with Crippen LogP contribution in [0.3, 0.4) is 0 Å². The van der Waals surface area contributed by atoms with Crippen LogP contribution in [0.1, 0.15) is 23.0 Å². The summed E-state index contributed by atoms with van der Waals surface area (Å²) in [7, 11) is -0.652. The molecule has 0 saturated heterocycles. The zero-order valence-electron chi connectivity index (χ0n) is 17.0. The molecule has 7 nitrogen and oxygen atoms in total. The predicted molar refractivity (Wildman–Crippen MR) is 117 cm³/mol. The topological polar surface area (TPSA) is 88.6 Å². The summed E-state index contributed by atoms with van der Waals surface area (Å²) in [4.78, 5) is 17.1. The first kappa shape index (κ1) is 21.9. The van der Waals surface area contributed by atoms with Gasteiger partial charge in [-0.05, 0) is 42.8 Å². The van der Waals surface area contributed by atoms with Gasteiger partial charge >= 0.3 is 0 Å². The molecule has 9 heteroatoms. The van der Waals surface area contributed by atoms with Crippen molar-refractivity contribution in [3.63, 3.8) is 0 Å². The molecule has 3 aromatic rings. The lowest BCUT2D eigenvalue weighted by atomic mass is 10.2. The zero-order valence-corrected chi connectivity index (χ0v) is 18.6. The highest BCUT2D eigenvalue weighted by Gasteiger charge is 2.21. The van der Waals surface area contributed by atoms with E-state index in [-0.39, 0.29) is 23.0 Å². The third kappa shape index (κ3) is 4.86. The lowest BCUT2D eigenvalue weighted by Gasteiger charge is -2.15. The van der Waals surface area contributed by atoms with Gasteiger partial charge in [-0.15, -0.1) is 11.3 Å². The highest BCUT2D eigenvalue weighted by molar-refractivity contribution is 7.89. The fraction of sp³-hybridized carbons (Fsp3) is 0.238. The summed E-state index contributed by atoms with van der Waals surface area (Å²) in [6.07, 6.45) is 0. The van der Waals surface area contributed by atoms with Gasteiger partial charge in [0.25, 0.3) is 5.91 Å². The summed E-state index contributed by atoms with van der Waals surface area (Å²) in [5.41, 5.74) is 1.70. The van der Waals surface area contributed by atoms with E-state index in [0.29, 0.717) is 12.2 Å². The number of hydrogen-bond acceptors (Lipinski definition) is 6. The number of amides is 1. The summed E-state index contributed by atoms with van der Waals surface area (Å²) in [5.74, 6) is 0.419. The molecule has 1 amide bonds. The summed E-state index contributed by atoms with van der Waals surface area (Å²) in [5, 5.41) is 5.16. The average molecular weight is 446 g/mol. The first-order valence-electron chi connectivity index (χ1n) is 9.30. The van der Waals surface area contributed by atoms with Crippen LogP contribution in [0.25, 0.3) is 10.6 Å². The number of ether oxygens (including phenoxy) is 1. The molecule has 0 aliphatic rings. The Bertz CT molecular complexity index is 1120. The highest BCUT2D eigenvalue weighted by atomic mass is 32.2. The molecule has 0 spiro atoms. The van der Waals surface area contributed by atoms with Gasteiger partial charge in [0.15, 0.2) is 0 Å². The standard InChI is InChI=1S/C21H23N3O4S2/c1-4-28-17-11-9-15(10-12-17)21-23-18(14-29-21)20(25)22-13-16-7-5-6-8-19(16)30(26,27)24(2)3/h5-12,14H,4,13H2,1-3H3,(H,22,25). The Balaban J connectivity index is 1.71. The molecular weight excluding hydrogens is 422 g/mol. The van der Waals surface area contributed by atoms with Crippen LogP contribution in [0, 0.1) is 0 Å². The molecule has 0 radical (unpaired) electrons. The minimum absolute atomic E-state index is 0.0813. The third-order valence-corrected chi connectivity index (χ3v) is 7.13. The van der Waals surface area contributed by atoms with Crippen molar-refractivity contribution < 1.29 is 17.9 Å². The van der Waals surface area contributed by atoms with Crippen LogP contribution in [0.4, 0.5) is 0 Å². The fourth-order valence-electron chi connectivity index (χ4n) is 2.74. The first-order valence-corrected chi connectivity index (χ1v) is 11.6. The summed E-state index contributed by atoms with van der Waals surface area (Å²) < 4.78 is 31.6. The maximum Gasteiger partial charge on any atom is 0.271 e. The molecule has 0 aliphatic carbocycles. The molecule has 158 valence electrons. The molecule has 1 N–H and O–H groups in total. The number of hydrogen-bond donors (Lipinski definition) is 1. The Kier molecular flexibility index (Phi) is 6.86. The van der Waals surface area contributed by atoms with Crippen LogP contribution in [0.2, 0.25) is 0 Å². The van der Waals surface area contributed by atoms with Crippen LogP contribution in [0.15, 0.2) is 58.8 Å². The Labute approximate surface area is 180 Å². The second-order valence-corrected chi connectivity index (χ2v) is 9.55. The fourth-order valence-corrected chi connectivity index (χ4v) is 4.66. The number of thiazole rings is 1. The van der Waals surface area contributed by atoms with Crippen LogP contribution in [-0.2, 0) is 16.6 Å². The van der Waals surface area contributed by atoms with E-state index in [2.05, 4.69) is 10.3 Å². The molecule has 2 aromatic carbocycles. The van der Waals surface area contributed by atoms with Gasteiger partial charge in [0.05, 0.1) is 11.5 Å². The van der Waals surface area contributed by atoms with E-state index >= 15 is 0 Å². The van der Waals surface area contributed by atoms with Crippen molar-refractivity contribution in [2.24, 2.45) is 0 Å². The van der Waals surface area contributed by atoms with Crippen molar-refractivity contribution in [3.05, 3.63) is 65.2 Å². The average Bonchev–Trinajstić information content (AvgIpc) is 3.23. The van der Waals surface area contributed by atoms with Crippen LogP contribution in [0.5, 0.6) is 5.75 Å². The summed E-state index contributed by atoms with van der Waals surface area (Å²) in [6, 6.07) is 14.1. The van der Waals surface area contributed by atoms with Crippen molar-refractivity contribution in [3.8, 4) is 16.3 Å². The van der Waals surface area contributed by atoms with Crippen molar-refractivity contribution in [2.45, 2.75) is 18.4 Å². The van der Waals surface area contributed by atoms with Gasteiger partial charge in [0, 0.05) is 31.6 Å². The van der Waals surface area contributed by atoms with Crippen molar-refractivity contribution >= 4 is 27.3 Å². The third-order valence-electron chi connectivity index (χ3n) is 4.32. The molecule has 0 saturated carbocycles. The largest absolute Gasteiger partial charge is 0.494 e. The molecule has 0 aliphatic heterocycles. The monoisotopic (exact) mass is 445 g/mol. The first-order chi connectivity index (χ1) is 14.3. The molecule has 1 aromatic heterocycles. The number of nitrogens with zero attached hydrogens (tertiary/aromatic N) is 2. The Morgan fingerprint density at radius 3 is 2.50 bits per heavy atom. The van der Waals surface area contributed by atoms with Gasteiger partial charge in [0.2, 0.25) is 10.0 Å². The van der Waals surface area contributed by atoms with E-state index in [1.54, 1.807) is 23.6 Å². The molecule has 30 heavy (non-hydrogen) atoms. The van der Waals surface area contributed by atoms with E-state index < -0.39 is 10.0 Å². The summed E-state index contributed by atoms with van der Waals surface area (Å²) >= 11 is 1.37. The number of rotatable bonds is 8. The Morgan fingerprint density at radius 1 is 1.13 bits per heavy atom. The number of carbonyl (C=O) groups excluding carboxylic acids is 1.